The largest absolute Gasteiger partial charge is 0.330 e. The predicted octanol–water partition coefficient (Wildman–Crippen LogP) is 4.98. The molecule has 142 valence electrons. The first-order chi connectivity index (χ1) is 11.3. The SMILES string of the molecule is CCCCCCNCCCCCC.NCCCCCCCCN. The molecule has 0 amide bonds. The zero-order chi connectivity index (χ0) is 17.4. The van der Waals surface area contributed by atoms with E-state index in [0.29, 0.717) is 0 Å². The third kappa shape index (κ3) is 30.3. The zero-order valence-electron chi connectivity index (χ0n) is 16.4. The molecule has 0 unspecified atom stereocenters. The fraction of sp³-hybridized carbons (Fsp3) is 1.00. The van der Waals surface area contributed by atoms with Crippen LogP contribution in [0.1, 0.15) is 104 Å². The second-order valence-electron chi connectivity index (χ2n) is 6.57. The number of unbranched alkanes of at least 4 members (excludes halogenated alkanes) is 11. The first-order valence-corrected chi connectivity index (χ1v) is 10.4. The summed E-state index contributed by atoms with van der Waals surface area (Å²) in [5.41, 5.74) is 10.7. The molecule has 0 bridgehead atoms. The molecular weight excluding hydrogens is 282 g/mol. The highest BCUT2D eigenvalue weighted by Gasteiger charge is 1.89. The maximum Gasteiger partial charge on any atom is -0.00489 e. The molecule has 0 aromatic heterocycles. The van der Waals surface area contributed by atoms with Gasteiger partial charge in [0.1, 0.15) is 0 Å². The standard InChI is InChI=1S/C12H27N.C8H20N2/c1-3-5-7-9-11-13-12-10-8-6-4-2;9-7-5-3-1-2-4-6-8-10/h13H,3-12H2,1-2H3;1-10H2. The van der Waals surface area contributed by atoms with E-state index >= 15 is 0 Å². The van der Waals surface area contributed by atoms with Crippen molar-refractivity contribution < 1.29 is 0 Å². The van der Waals surface area contributed by atoms with E-state index in [1.54, 1.807) is 0 Å². The van der Waals surface area contributed by atoms with Gasteiger partial charge in [0.2, 0.25) is 0 Å². The summed E-state index contributed by atoms with van der Waals surface area (Å²) in [5.74, 6) is 0. The van der Waals surface area contributed by atoms with Gasteiger partial charge in [0.05, 0.1) is 0 Å². The molecule has 0 atom stereocenters. The van der Waals surface area contributed by atoms with Crippen LogP contribution in [-0.2, 0) is 0 Å². The predicted molar refractivity (Wildman–Crippen MR) is 107 cm³/mol. The Morgan fingerprint density at radius 3 is 1.17 bits per heavy atom. The molecule has 23 heavy (non-hydrogen) atoms. The van der Waals surface area contributed by atoms with Gasteiger partial charge < -0.3 is 16.8 Å². The molecule has 5 N–H and O–H groups in total. The lowest BCUT2D eigenvalue weighted by molar-refractivity contribution is 0.564. The van der Waals surface area contributed by atoms with Gasteiger partial charge in [0.15, 0.2) is 0 Å². The molecular formula is C20H47N3. The minimum absolute atomic E-state index is 0.844. The summed E-state index contributed by atoms with van der Waals surface area (Å²) in [7, 11) is 0. The Morgan fingerprint density at radius 2 is 0.826 bits per heavy atom. The number of hydrogen-bond acceptors (Lipinski definition) is 3. The van der Waals surface area contributed by atoms with Crippen molar-refractivity contribution in [1.29, 1.82) is 0 Å². The van der Waals surface area contributed by atoms with Crippen LogP contribution in [0.3, 0.4) is 0 Å². The molecule has 0 aliphatic heterocycles. The Morgan fingerprint density at radius 1 is 0.478 bits per heavy atom. The van der Waals surface area contributed by atoms with Crippen molar-refractivity contribution in [3.8, 4) is 0 Å². The van der Waals surface area contributed by atoms with Crippen LogP contribution in [-0.4, -0.2) is 26.2 Å². The smallest absolute Gasteiger partial charge is 0.00489 e. The van der Waals surface area contributed by atoms with Crippen LogP contribution < -0.4 is 16.8 Å². The van der Waals surface area contributed by atoms with Gasteiger partial charge in [0, 0.05) is 0 Å². The highest BCUT2D eigenvalue weighted by atomic mass is 14.8. The van der Waals surface area contributed by atoms with Gasteiger partial charge in [-0.1, -0.05) is 78.1 Å². The second kappa shape index (κ2) is 26.8. The normalized spacial score (nSPS) is 10.4. The van der Waals surface area contributed by atoms with E-state index < -0.39 is 0 Å². The van der Waals surface area contributed by atoms with E-state index in [1.807, 2.05) is 0 Å². The van der Waals surface area contributed by atoms with Crippen LogP contribution in [0.4, 0.5) is 0 Å². The molecule has 0 spiro atoms. The first kappa shape index (κ1) is 25.1. The Kier molecular flexibility index (Phi) is 29.2. The van der Waals surface area contributed by atoms with Gasteiger partial charge in [-0.25, -0.2) is 0 Å². The van der Waals surface area contributed by atoms with Crippen molar-refractivity contribution >= 4 is 0 Å². The van der Waals surface area contributed by atoms with Crippen LogP contribution in [0.5, 0.6) is 0 Å². The lowest BCUT2D eigenvalue weighted by Crippen LogP contribution is -2.16. The molecule has 0 aliphatic rings. The molecule has 0 aliphatic carbocycles. The molecule has 0 aromatic carbocycles. The van der Waals surface area contributed by atoms with Crippen LogP contribution >= 0.6 is 0 Å². The average molecular weight is 330 g/mol. The molecule has 0 saturated carbocycles. The molecule has 0 heterocycles. The van der Waals surface area contributed by atoms with E-state index in [-0.39, 0.29) is 0 Å². The summed E-state index contributed by atoms with van der Waals surface area (Å²) in [6, 6.07) is 0. The zero-order valence-corrected chi connectivity index (χ0v) is 16.4. The quantitative estimate of drug-likeness (QED) is 0.330. The van der Waals surface area contributed by atoms with Crippen molar-refractivity contribution in [2.24, 2.45) is 11.5 Å². The van der Waals surface area contributed by atoms with Crippen molar-refractivity contribution in [3.05, 3.63) is 0 Å². The Labute approximate surface area is 147 Å². The van der Waals surface area contributed by atoms with E-state index in [2.05, 4.69) is 19.2 Å². The van der Waals surface area contributed by atoms with Gasteiger partial charge >= 0.3 is 0 Å². The highest BCUT2D eigenvalue weighted by Crippen LogP contribution is 2.03. The molecule has 0 radical (unpaired) electrons. The van der Waals surface area contributed by atoms with Crippen LogP contribution in [0, 0.1) is 0 Å². The number of nitrogens with two attached hydrogens (primary N) is 2. The summed E-state index contributed by atoms with van der Waals surface area (Å²) >= 11 is 0. The fourth-order valence-corrected chi connectivity index (χ4v) is 2.47. The molecule has 0 saturated heterocycles. The Hall–Kier alpha value is -0.120. The monoisotopic (exact) mass is 329 g/mol. The van der Waals surface area contributed by atoms with Gasteiger partial charge in [-0.2, -0.15) is 0 Å². The lowest BCUT2D eigenvalue weighted by Gasteiger charge is -2.03. The third-order valence-electron chi connectivity index (χ3n) is 4.07. The van der Waals surface area contributed by atoms with Gasteiger partial charge in [0.25, 0.3) is 0 Å². The van der Waals surface area contributed by atoms with E-state index in [9.17, 15) is 0 Å². The lowest BCUT2D eigenvalue weighted by atomic mass is 10.1. The molecule has 0 fully saturated rings. The maximum atomic E-state index is 5.35. The highest BCUT2D eigenvalue weighted by molar-refractivity contribution is 4.49. The summed E-state index contributed by atoms with van der Waals surface area (Å²) < 4.78 is 0. The summed E-state index contributed by atoms with van der Waals surface area (Å²) in [6.07, 6.45) is 18.6. The summed E-state index contributed by atoms with van der Waals surface area (Å²) in [6.45, 7) is 8.67. The molecule has 3 heteroatoms. The van der Waals surface area contributed by atoms with Gasteiger partial charge in [-0.3, -0.25) is 0 Å². The topological polar surface area (TPSA) is 64.1 Å². The van der Waals surface area contributed by atoms with Gasteiger partial charge in [-0.15, -0.1) is 0 Å². The second-order valence-corrected chi connectivity index (χ2v) is 6.57. The summed E-state index contributed by atoms with van der Waals surface area (Å²) in [5, 5.41) is 3.50. The summed E-state index contributed by atoms with van der Waals surface area (Å²) in [4.78, 5) is 0. The van der Waals surface area contributed by atoms with Crippen molar-refractivity contribution in [2.75, 3.05) is 26.2 Å². The van der Waals surface area contributed by atoms with Crippen LogP contribution in [0.15, 0.2) is 0 Å². The average Bonchev–Trinajstić information content (AvgIpc) is 2.57. The van der Waals surface area contributed by atoms with Crippen LogP contribution in [0.2, 0.25) is 0 Å². The van der Waals surface area contributed by atoms with Gasteiger partial charge in [-0.05, 0) is 51.9 Å². The van der Waals surface area contributed by atoms with E-state index in [1.165, 1.54) is 103 Å². The van der Waals surface area contributed by atoms with E-state index in [0.717, 1.165) is 13.1 Å². The van der Waals surface area contributed by atoms with E-state index in [4.69, 9.17) is 11.5 Å². The minimum Gasteiger partial charge on any atom is -0.330 e. The Balaban J connectivity index is 0. The number of nitrogens with one attached hydrogen (secondary N) is 1. The van der Waals surface area contributed by atoms with Crippen LogP contribution in [0.25, 0.3) is 0 Å². The first-order valence-electron chi connectivity index (χ1n) is 10.4. The molecule has 0 aromatic rings. The minimum atomic E-state index is 0.844. The van der Waals surface area contributed by atoms with Crippen molar-refractivity contribution in [2.45, 2.75) is 104 Å². The molecule has 0 rings (SSSR count). The van der Waals surface area contributed by atoms with Crippen molar-refractivity contribution in [3.63, 3.8) is 0 Å². The third-order valence-corrected chi connectivity index (χ3v) is 4.07. The number of rotatable bonds is 17. The molecule has 3 nitrogen and oxygen atoms in total. The fourth-order valence-electron chi connectivity index (χ4n) is 2.47. The number of hydrogen-bond donors (Lipinski definition) is 3. The Bertz CT molecular complexity index is 156. The maximum absolute atomic E-state index is 5.35. The van der Waals surface area contributed by atoms with Crippen molar-refractivity contribution in [1.82, 2.24) is 5.32 Å².